The molecule has 0 aromatic heterocycles. The van der Waals surface area contributed by atoms with Gasteiger partial charge in [-0.05, 0) is 30.9 Å². The highest BCUT2D eigenvalue weighted by Gasteiger charge is 2.26. The van der Waals surface area contributed by atoms with E-state index in [2.05, 4.69) is 21.3 Å². The lowest BCUT2D eigenvalue weighted by atomic mass is 10.0. The van der Waals surface area contributed by atoms with Gasteiger partial charge in [-0.25, -0.2) is 4.79 Å². The van der Waals surface area contributed by atoms with Crippen LogP contribution in [-0.2, 0) is 11.3 Å². The molecule has 4 N–H and O–H groups in total. The smallest absolute Gasteiger partial charge is 0.315 e. The molecular weight excluding hydrogens is 304 g/mol. The molecule has 0 bridgehead atoms. The van der Waals surface area contributed by atoms with Crippen molar-refractivity contribution in [1.82, 2.24) is 21.3 Å². The quantitative estimate of drug-likeness (QED) is 0.635. The Labute approximate surface area is 143 Å². The Hall–Kier alpha value is -2.08. The molecule has 0 aliphatic carbocycles. The van der Waals surface area contributed by atoms with Gasteiger partial charge in [0.05, 0.1) is 0 Å². The van der Waals surface area contributed by atoms with E-state index >= 15 is 0 Å². The molecule has 0 saturated carbocycles. The third-order valence-electron chi connectivity index (χ3n) is 4.17. The summed E-state index contributed by atoms with van der Waals surface area (Å²) in [5.74, 6) is -0.0995. The van der Waals surface area contributed by atoms with Crippen LogP contribution in [0.5, 0.6) is 0 Å². The summed E-state index contributed by atoms with van der Waals surface area (Å²) >= 11 is 0. The third kappa shape index (κ3) is 5.85. The van der Waals surface area contributed by atoms with Crippen molar-refractivity contribution in [3.05, 3.63) is 35.9 Å². The number of nitrogens with one attached hydrogen (secondary N) is 4. The molecule has 6 nitrogen and oxygen atoms in total. The average Bonchev–Trinajstić information content (AvgIpc) is 2.59. The van der Waals surface area contributed by atoms with Gasteiger partial charge in [0.15, 0.2) is 0 Å². The van der Waals surface area contributed by atoms with E-state index < -0.39 is 6.04 Å². The van der Waals surface area contributed by atoms with Crippen molar-refractivity contribution in [3.63, 3.8) is 0 Å². The van der Waals surface area contributed by atoms with Gasteiger partial charge in [-0.15, -0.1) is 0 Å². The number of benzene rings is 1. The minimum atomic E-state index is -0.539. The van der Waals surface area contributed by atoms with Gasteiger partial charge in [0.2, 0.25) is 5.91 Å². The monoisotopic (exact) mass is 332 g/mol. The van der Waals surface area contributed by atoms with Gasteiger partial charge in [-0.1, -0.05) is 44.2 Å². The van der Waals surface area contributed by atoms with Crippen molar-refractivity contribution in [2.24, 2.45) is 5.92 Å². The highest BCUT2D eigenvalue weighted by Crippen LogP contribution is 2.06. The van der Waals surface area contributed by atoms with Crippen LogP contribution < -0.4 is 21.3 Å². The Morgan fingerprint density at radius 3 is 2.62 bits per heavy atom. The standard InChI is InChI=1S/C18H28N4O2/c1-13(2)16(17(23)21-15-9-6-10-19-12-15)22-18(24)20-11-14-7-4-3-5-8-14/h3-5,7-8,13,15-16,19H,6,9-12H2,1-2H3,(H,21,23)(H2,20,22,24)/t15-,16?/m0/s1. The maximum Gasteiger partial charge on any atom is 0.315 e. The number of hydrogen-bond donors (Lipinski definition) is 4. The fourth-order valence-corrected chi connectivity index (χ4v) is 2.77. The summed E-state index contributed by atoms with van der Waals surface area (Å²) in [5.41, 5.74) is 1.02. The molecule has 132 valence electrons. The van der Waals surface area contributed by atoms with E-state index in [-0.39, 0.29) is 23.9 Å². The SMILES string of the molecule is CC(C)C(NC(=O)NCc1ccccc1)C(=O)N[C@H]1CCCNC1. The zero-order chi connectivity index (χ0) is 17.4. The molecule has 1 aliphatic rings. The van der Waals surface area contributed by atoms with Gasteiger partial charge >= 0.3 is 6.03 Å². The van der Waals surface area contributed by atoms with E-state index in [4.69, 9.17) is 0 Å². The van der Waals surface area contributed by atoms with E-state index in [1.807, 2.05) is 44.2 Å². The Morgan fingerprint density at radius 1 is 1.25 bits per heavy atom. The molecule has 6 heteroatoms. The van der Waals surface area contributed by atoms with Crippen molar-refractivity contribution in [2.75, 3.05) is 13.1 Å². The summed E-state index contributed by atoms with van der Waals surface area (Å²) < 4.78 is 0. The summed E-state index contributed by atoms with van der Waals surface area (Å²) in [5, 5.41) is 11.9. The normalized spacial score (nSPS) is 18.7. The number of urea groups is 1. The lowest BCUT2D eigenvalue weighted by Crippen LogP contribution is -2.56. The van der Waals surface area contributed by atoms with Gasteiger partial charge < -0.3 is 21.3 Å². The lowest BCUT2D eigenvalue weighted by molar-refractivity contribution is -0.124. The molecule has 1 saturated heterocycles. The highest BCUT2D eigenvalue weighted by atomic mass is 16.2. The molecule has 1 aliphatic heterocycles. The van der Waals surface area contributed by atoms with Crippen LogP contribution in [0.2, 0.25) is 0 Å². The summed E-state index contributed by atoms with van der Waals surface area (Å²) in [6, 6.07) is 8.96. The number of carbonyl (C=O) groups is 2. The van der Waals surface area contributed by atoms with Crippen LogP contribution in [0, 0.1) is 5.92 Å². The van der Waals surface area contributed by atoms with Crippen LogP contribution in [0.15, 0.2) is 30.3 Å². The second-order valence-electron chi connectivity index (χ2n) is 6.59. The van der Waals surface area contributed by atoms with Gasteiger partial charge in [0, 0.05) is 19.1 Å². The van der Waals surface area contributed by atoms with Crippen molar-refractivity contribution in [1.29, 1.82) is 0 Å². The number of piperidine rings is 1. The van der Waals surface area contributed by atoms with E-state index in [1.54, 1.807) is 0 Å². The van der Waals surface area contributed by atoms with Crippen LogP contribution in [0.3, 0.4) is 0 Å². The number of carbonyl (C=O) groups excluding carboxylic acids is 2. The van der Waals surface area contributed by atoms with Gasteiger partial charge in [-0.2, -0.15) is 0 Å². The molecule has 1 heterocycles. The van der Waals surface area contributed by atoms with Crippen LogP contribution in [-0.4, -0.2) is 37.1 Å². The number of amides is 3. The fourth-order valence-electron chi connectivity index (χ4n) is 2.77. The molecule has 2 rings (SSSR count). The second kappa shape index (κ2) is 9.27. The maximum absolute atomic E-state index is 12.5. The molecule has 1 aromatic carbocycles. The predicted molar refractivity (Wildman–Crippen MR) is 94.5 cm³/mol. The third-order valence-corrected chi connectivity index (χ3v) is 4.17. The van der Waals surface area contributed by atoms with Crippen LogP contribution in [0.25, 0.3) is 0 Å². The largest absolute Gasteiger partial charge is 0.350 e. The van der Waals surface area contributed by atoms with Gasteiger partial charge in [0.25, 0.3) is 0 Å². The van der Waals surface area contributed by atoms with E-state index in [0.717, 1.165) is 31.5 Å². The van der Waals surface area contributed by atoms with E-state index in [9.17, 15) is 9.59 Å². The second-order valence-corrected chi connectivity index (χ2v) is 6.59. The minimum Gasteiger partial charge on any atom is -0.350 e. The lowest BCUT2D eigenvalue weighted by Gasteiger charge is -2.28. The van der Waals surface area contributed by atoms with Crippen LogP contribution in [0.1, 0.15) is 32.3 Å². The van der Waals surface area contributed by atoms with Crippen molar-refractivity contribution < 1.29 is 9.59 Å². The molecular formula is C18H28N4O2. The molecule has 1 aromatic rings. The van der Waals surface area contributed by atoms with Crippen molar-refractivity contribution in [3.8, 4) is 0 Å². The predicted octanol–water partition coefficient (Wildman–Crippen LogP) is 1.38. The molecule has 1 unspecified atom stereocenters. The first-order valence-corrected chi connectivity index (χ1v) is 8.65. The summed E-state index contributed by atoms with van der Waals surface area (Å²) in [7, 11) is 0. The molecule has 3 amide bonds. The van der Waals surface area contributed by atoms with Crippen molar-refractivity contribution in [2.45, 2.75) is 45.3 Å². The average molecular weight is 332 g/mol. The Balaban J connectivity index is 1.82. The molecule has 0 spiro atoms. The van der Waals surface area contributed by atoms with Gasteiger partial charge in [-0.3, -0.25) is 4.79 Å². The zero-order valence-electron chi connectivity index (χ0n) is 14.5. The van der Waals surface area contributed by atoms with E-state index in [1.165, 1.54) is 0 Å². The number of hydrogen-bond acceptors (Lipinski definition) is 3. The summed E-state index contributed by atoms with van der Waals surface area (Å²) in [6.45, 7) is 6.09. The fraction of sp³-hybridized carbons (Fsp3) is 0.556. The first-order chi connectivity index (χ1) is 11.6. The Morgan fingerprint density at radius 2 is 2.00 bits per heavy atom. The topological polar surface area (TPSA) is 82.3 Å². The van der Waals surface area contributed by atoms with Crippen LogP contribution in [0.4, 0.5) is 4.79 Å². The Bertz CT molecular complexity index is 527. The van der Waals surface area contributed by atoms with E-state index in [0.29, 0.717) is 6.54 Å². The first kappa shape index (κ1) is 18.3. The molecule has 0 radical (unpaired) electrons. The summed E-state index contributed by atoms with van der Waals surface area (Å²) in [6.07, 6.45) is 2.03. The zero-order valence-corrected chi connectivity index (χ0v) is 14.5. The first-order valence-electron chi connectivity index (χ1n) is 8.65. The maximum atomic E-state index is 12.5. The molecule has 24 heavy (non-hydrogen) atoms. The van der Waals surface area contributed by atoms with Crippen molar-refractivity contribution >= 4 is 11.9 Å². The Kier molecular flexibility index (Phi) is 7.06. The van der Waals surface area contributed by atoms with Gasteiger partial charge in [0.1, 0.15) is 6.04 Å². The number of rotatable bonds is 6. The minimum absolute atomic E-state index is 0.0176. The highest BCUT2D eigenvalue weighted by molar-refractivity contribution is 5.87. The summed E-state index contributed by atoms with van der Waals surface area (Å²) in [4.78, 5) is 24.6. The van der Waals surface area contributed by atoms with Crippen LogP contribution >= 0.6 is 0 Å². The molecule has 1 fully saturated rings. The molecule has 2 atom stereocenters.